The second kappa shape index (κ2) is 10.7. The Morgan fingerprint density at radius 2 is 1.68 bits per heavy atom. The number of carbonyl (C=O) groups excluding carboxylic acids is 2. The van der Waals surface area contributed by atoms with E-state index in [1.807, 2.05) is 42.5 Å². The largest absolute Gasteiger partial charge is 0.444 e. The van der Waals surface area contributed by atoms with Crippen molar-refractivity contribution in [2.45, 2.75) is 26.4 Å². The zero-order valence-electron chi connectivity index (χ0n) is 19.5. The van der Waals surface area contributed by atoms with Crippen LogP contribution < -0.4 is 9.80 Å². The van der Waals surface area contributed by atoms with Crippen LogP contribution in [0.5, 0.6) is 0 Å². The predicted molar refractivity (Wildman–Crippen MR) is 137 cm³/mol. The van der Waals surface area contributed by atoms with Gasteiger partial charge in [0.25, 0.3) is 0 Å². The van der Waals surface area contributed by atoms with Gasteiger partial charge in [-0.2, -0.15) is 0 Å². The van der Waals surface area contributed by atoms with Crippen LogP contribution in [0.2, 0.25) is 5.02 Å². The van der Waals surface area contributed by atoms with Crippen LogP contribution in [0.3, 0.4) is 0 Å². The number of anilines is 2. The number of amides is 1. The van der Waals surface area contributed by atoms with Gasteiger partial charge in [0.15, 0.2) is 5.78 Å². The summed E-state index contributed by atoms with van der Waals surface area (Å²) in [6, 6.07) is 22.0. The molecule has 34 heavy (non-hydrogen) atoms. The smallest absolute Gasteiger partial charge is 0.414 e. The van der Waals surface area contributed by atoms with Crippen molar-refractivity contribution >= 4 is 34.9 Å². The van der Waals surface area contributed by atoms with E-state index in [0.29, 0.717) is 27.8 Å². The quantitative estimate of drug-likeness (QED) is 0.377. The fourth-order valence-electron chi connectivity index (χ4n) is 4.12. The number of piperidine rings is 1. The van der Waals surface area contributed by atoms with Crippen LogP contribution in [0.1, 0.15) is 41.3 Å². The van der Waals surface area contributed by atoms with Crippen molar-refractivity contribution in [1.29, 1.82) is 0 Å². The minimum atomic E-state index is -0.478. The molecule has 0 unspecified atom stereocenters. The summed E-state index contributed by atoms with van der Waals surface area (Å²) in [5.41, 5.74) is 3.53. The first-order chi connectivity index (χ1) is 16.4. The second-order valence-corrected chi connectivity index (χ2v) is 9.24. The molecule has 1 heterocycles. The van der Waals surface area contributed by atoms with Crippen LogP contribution in [-0.4, -0.2) is 32.0 Å². The van der Waals surface area contributed by atoms with E-state index in [1.54, 1.807) is 37.4 Å². The lowest BCUT2D eigenvalue weighted by atomic mass is 9.95. The Labute approximate surface area is 205 Å². The highest BCUT2D eigenvalue weighted by Crippen LogP contribution is 2.31. The first-order valence-electron chi connectivity index (χ1n) is 11.6. The summed E-state index contributed by atoms with van der Waals surface area (Å²) in [4.78, 5) is 30.0. The molecule has 0 saturated carbocycles. The lowest BCUT2D eigenvalue weighted by Crippen LogP contribution is -2.34. The number of halogens is 1. The van der Waals surface area contributed by atoms with Gasteiger partial charge in [0.2, 0.25) is 0 Å². The van der Waals surface area contributed by atoms with Gasteiger partial charge in [-0.1, -0.05) is 48.9 Å². The minimum Gasteiger partial charge on any atom is -0.444 e. The standard InChI is InChI=1S/C28H29ClN2O3/c1-20-14-16-31(17-15-20)26-13-12-24(18-25(26)27(32)22-8-10-23(29)11-9-22)30(2)28(33)34-19-21-6-4-3-5-7-21/h3-13,18,20H,14-17,19H2,1-2H3. The topological polar surface area (TPSA) is 49.9 Å². The maximum Gasteiger partial charge on any atom is 0.414 e. The third kappa shape index (κ3) is 5.60. The average Bonchev–Trinajstić information content (AvgIpc) is 2.87. The number of carbonyl (C=O) groups is 2. The van der Waals surface area contributed by atoms with E-state index in [0.717, 1.165) is 37.2 Å². The molecular weight excluding hydrogens is 448 g/mol. The van der Waals surface area contributed by atoms with Crippen molar-refractivity contribution in [2.24, 2.45) is 5.92 Å². The summed E-state index contributed by atoms with van der Waals surface area (Å²) in [6.45, 7) is 4.24. The van der Waals surface area contributed by atoms with Gasteiger partial charge in [-0.25, -0.2) is 4.79 Å². The monoisotopic (exact) mass is 476 g/mol. The molecule has 1 aliphatic heterocycles. The Hall–Kier alpha value is -3.31. The summed E-state index contributed by atoms with van der Waals surface area (Å²) >= 11 is 6.03. The third-order valence-electron chi connectivity index (χ3n) is 6.32. The Morgan fingerprint density at radius 3 is 2.35 bits per heavy atom. The molecule has 1 saturated heterocycles. The summed E-state index contributed by atoms with van der Waals surface area (Å²) in [7, 11) is 1.65. The molecule has 0 atom stereocenters. The number of benzene rings is 3. The Balaban J connectivity index is 1.60. The molecule has 176 valence electrons. The molecule has 5 nitrogen and oxygen atoms in total. The second-order valence-electron chi connectivity index (χ2n) is 8.81. The molecule has 1 fully saturated rings. The molecule has 0 bridgehead atoms. The summed E-state index contributed by atoms with van der Waals surface area (Å²) in [5.74, 6) is 0.578. The molecule has 0 spiro atoms. The van der Waals surface area contributed by atoms with Crippen molar-refractivity contribution in [2.75, 3.05) is 29.9 Å². The van der Waals surface area contributed by atoms with E-state index in [9.17, 15) is 9.59 Å². The fourth-order valence-corrected chi connectivity index (χ4v) is 4.24. The average molecular weight is 477 g/mol. The van der Waals surface area contributed by atoms with Crippen molar-refractivity contribution in [3.05, 3.63) is 94.5 Å². The van der Waals surface area contributed by atoms with Crippen LogP contribution >= 0.6 is 11.6 Å². The van der Waals surface area contributed by atoms with Gasteiger partial charge in [-0.3, -0.25) is 9.69 Å². The zero-order valence-corrected chi connectivity index (χ0v) is 20.3. The van der Waals surface area contributed by atoms with Gasteiger partial charge in [0, 0.05) is 47.7 Å². The molecule has 0 aromatic heterocycles. The van der Waals surface area contributed by atoms with E-state index < -0.39 is 6.09 Å². The highest BCUT2D eigenvalue weighted by atomic mass is 35.5. The normalized spacial score (nSPS) is 14.0. The summed E-state index contributed by atoms with van der Waals surface area (Å²) < 4.78 is 5.48. The SMILES string of the molecule is CC1CCN(c2ccc(N(C)C(=O)OCc3ccccc3)cc2C(=O)c2ccc(Cl)cc2)CC1. The van der Waals surface area contributed by atoms with Crippen molar-refractivity contribution < 1.29 is 14.3 Å². The van der Waals surface area contributed by atoms with Crippen LogP contribution in [0.4, 0.5) is 16.2 Å². The molecule has 3 aromatic rings. The van der Waals surface area contributed by atoms with Gasteiger partial charge in [-0.05, 0) is 66.8 Å². The molecule has 0 radical (unpaired) electrons. The highest BCUT2D eigenvalue weighted by Gasteiger charge is 2.24. The molecular formula is C28H29ClN2O3. The Kier molecular flexibility index (Phi) is 7.53. The number of rotatable bonds is 6. The van der Waals surface area contributed by atoms with Crippen LogP contribution in [-0.2, 0) is 11.3 Å². The summed E-state index contributed by atoms with van der Waals surface area (Å²) in [5, 5.41) is 0.580. The Bertz CT molecular complexity index is 1140. The van der Waals surface area contributed by atoms with Gasteiger partial charge in [0.05, 0.1) is 0 Å². The zero-order chi connectivity index (χ0) is 24.1. The first-order valence-corrected chi connectivity index (χ1v) is 11.9. The number of hydrogen-bond acceptors (Lipinski definition) is 4. The lowest BCUT2D eigenvalue weighted by molar-refractivity contribution is 0.103. The van der Waals surface area contributed by atoms with Crippen LogP contribution in [0.25, 0.3) is 0 Å². The highest BCUT2D eigenvalue weighted by molar-refractivity contribution is 6.30. The Morgan fingerprint density at radius 1 is 1.00 bits per heavy atom. The van der Waals surface area contributed by atoms with Gasteiger partial charge >= 0.3 is 6.09 Å². The maximum atomic E-state index is 13.5. The number of nitrogens with zero attached hydrogens (tertiary/aromatic N) is 2. The summed E-state index contributed by atoms with van der Waals surface area (Å²) in [6.07, 6.45) is 1.69. The number of ketones is 1. The van der Waals surface area contributed by atoms with E-state index in [4.69, 9.17) is 16.3 Å². The van der Waals surface area contributed by atoms with Crippen LogP contribution in [0.15, 0.2) is 72.8 Å². The van der Waals surface area contributed by atoms with Crippen molar-refractivity contribution in [3.8, 4) is 0 Å². The maximum absolute atomic E-state index is 13.5. The minimum absolute atomic E-state index is 0.0989. The third-order valence-corrected chi connectivity index (χ3v) is 6.57. The fraction of sp³-hybridized carbons (Fsp3) is 0.286. The molecule has 6 heteroatoms. The van der Waals surface area contributed by atoms with Gasteiger partial charge < -0.3 is 9.64 Å². The molecule has 4 rings (SSSR count). The first kappa shape index (κ1) is 23.8. The molecule has 3 aromatic carbocycles. The molecule has 0 N–H and O–H groups in total. The van der Waals surface area contributed by atoms with Crippen molar-refractivity contribution in [3.63, 3.8) is 0 Å². The number of hydrogen-bond donors (Lipinski definition) is 0. The molecule has 1 amide bonds. The molecule has 1 aliphatic rings. The van der Waals surface area contributed by atoms with Gasteiger partial charge in [0.1, 0.15) is 6.61 Å². The van der Waals surface area contributed by atoms with Crippen molar-refractivity contribution in [1.82, 2.24) is 0 Å². The molecule has 0 aliphatic carbocycles. The van der Waals surface area contributed by atoms with E-state index in [-0.39, 0.29) is 12.4 Å². The van der Waals surface area contributed by atoms with E-state index in [2.05, 4.69) is 11.8 Å². The van der Waals surface area contributed by atoms with Gasteiger partial charge in [-0.15, -0.1) is 0 Å². The van der Waals surface area contributed by atoms with Crippen LogP contribution in [0, 0.1) is 5.92 Å². The predicted octanol–water partition coefficient (Wildman–Crippen LogP) is 6.58. The van der Waals surface area contributed by atoms with E-state index >= 15 is 0 Å². The lowest BCUT2D eigenvalue weighted by Gasteiger charge is -2.33. The number of ether oxygens (including phenoxy) is 1. The van der Waals surface area contributed by atoms with E-state index in [1.165, 1.54) is 4.90 Å².